The fourth-order valence-electron chi connectivity index (χ4n) is 4.01. The van der Waals surface area contributed by atoms with Gasteiger partial charge in [-0.25, -0.2) is 4.79 Å². The summed E-state index contributed by atoms with van der Waals surface area (Å²) in [6.45, 7) is 4.46. The molecule has 0 radical (unpaired) electrons. The summed E-state index contributed by atoms with van der Waals surface area (Å²) in [6.07, 6.45) is 24.4. The van der Waals surface area contributed by atoms with Crippen LogP contribution in [0.4, 0.5) is 0 Å². The quantitative estimate of drug-likeness (QED) is 0.168. The zero-order valence-electron chi connectivity index (χ0n) is 20.0. The molecule has 4 heteroatoms. The number of ether oxygens (including phenoxy) is 1. The fraction of sp³-hybridized carbons (Fsp3) is 0.923. The van der Waals surface area contributed by atoms with Crippen LogP contribution in [0.2, 0.25) is 0 Å². The van der Waals surface area contributed by atoms with Crippen molar-refractivity contribution in [3.63, 3.8) is 0 Å². The largest absolute Gasteiger partial charge is 0.464 e. The number of esters is 1. The molecule has 1 aliphatic carbocycles. The zero-order valence-corrected chi connectivity index (χ0v) is 20.0. The van der Waals surface area contributed by atoms with Crippen molar-refractivity contribution in [3.05, 3.63) is 0 Å². The van der Waals surface area contributed by atoms with Gasteiger partial charge in [0.1, 0.15) is 6.04 Å². The Morgan fingerprint density at radius 3 is 1.60 bits per heavy atom. The Balaban J connectivity index is 1.77. The molecule has 1 rings (SSSR count). The van der Waals surface area contributed by atoms with Crippen molar-refractivity contribution in [1.29, 1.82) is 0 Å². The van der Waals surface area contributed by atoms with E-state index in [2.05, 4.69) is 12.2 Å². The molecule has 30 heavy (non-hydrogen) atoms. The summed E-state index contributed by atoms with van der Waals surface area (Å²) in [5, 5.41) is 2.77. The van der Waals surface area contributed by atoms with Crippen LogP contribution in [0.1, 0.15) is 136 Å². The highest BCUT2D eigenvalue weighted by molar-refractivity contribution is 5.85. The van der Waals surface area contributed by atoms with E-state index >= 15 is 0 Å². The van der Waals surface area contributed by atoms with Crippen molar-refractivity contribution in [3.8, 4) is 0 Å². The minimum Gasteiger partial charge on any atom is -0.464 e. The third-order valence-electron chi connectivity index (χ3n) is 6.43. The summed E-state index contributed by atoms with van der Waals surface area (Å²) in [7, 11) is 0. The average Bonchev–Trinajstić information content (AvgIpc) is 2.68. The van der Waals surface area contributed by atoms with Crippen molar-refractivity contribution in [2.24, 2.45) is 5.92 Å². The van der Waals surface area contributed by atoms with Gasteiger partial charge in [0, 0.05) is 5.92 Å². The van der Waals surface area contributed by atoms with Crippen LogP contribution in [0.15, 0.2) is 0 Å². The van der Waals surface area contributed by atoms with E-state index in [1.165, 1.54) is 89.9 Å². The molecule has 1 N–H and O–H groups in total. The lowest BCUT2D eigenvalue weighted by Gasteiger charge is -2.25. The first-order valence-corrected chi connectivity index (χ1v) is 13.1. The maximum atomic E-state index is 11.9. The summed E-state index contributed by atoms with van der Waals surface area (Å²) in [6, 6.07) is -0.529. The number of rotatable bonds is 20. The van der Waals surface area contributed by atoms with E-state index in [4.69, 9.17) is 4.74 Å². The third-order valence-corrected chi connectivity index (χ3v) is 6.43. The Hall–Kier alpha value is -1.06. The molecule has 0 aromatic rings. The van der Waals surface area contributed by atoms with Gasteiger partial charge < -0.3 is 10.1 Å². The zero-order chi connectivity index (χ0) is 21.9. The second kappa shape index (κ2) is 18.7. The predicted molar refractivity (Wildman–Crippen MR) is 125 cm³/mol. The van der Waals surface area contributed by atoms with Gasteiger partial charge in [-0.1, -0.05) is 110 Å². The highest BCUT2D eigenvalue weighted by Gasteiger charge is 2.27. The van der Waals surface area contributed by atoms with Gasteiger partial charge in [-0.2, -0.15) is 0 Å². The van der Waals surface area contributed by atoms with E-state index in [0.29, 0.717) is 6.61 Å². The molecular formula is C26H49NO3. The summed E-state index contributed by atoms with van der Waals surface area (Å²) in [4.78, 5) is 23.8. The van der Waals surface area contributed by atoms with Crippen LogP contribution in [0.25, 0.3) is 0 Å². The Morgan fingerprint density at radius 1 is 0.767 bits per heavy atom. The molecule has 1 saturated carbocycles. The van der Waals surface area contributed by atoms with Crippen LogP contribution in [0.3, 0.4) is 0 Å². The second-order valence-electron chi connectivity index (χ2n) is 9.33. The van der Waals surface area contributed by atoms with Crippen LogP contribution in [0, 0.1) is 5.92 Å². The van der Waals surface area contributed by atoms with Gasteiger partial charge in [0.05, 0.1) is 6.61 Å². The molecule has 0 bridgehead atoms. The number of amides is 1. The van der Waals surface area contributed by atoms with Crippen molar-refractivity contribution in [1.82, 2.24) is 5.32 Å². The standard InChI is InChI=1S/C26H49NO3/c1-3-4-5-6-7-8-9-10-11-12-13-14-15-16-17-18-22-30-26(29)23(2)27-25(28)24-20-19-21-24/h23-24H,3-22H2,1-2H3,(H,27,28). The van der Waals surface area contributed by atoms with Gasteiger partial charge in [-0.05, 0) is 26.2 Å². The lowest BCUT2D eigenvalue weighted by Crippen LogP contribution is -2.44. The van der Waals surface area contributed by atoms with E-state index in [9.17, 15) is 9.59 Å². The summed E-state index contributed by atoms with van der Waals surface area (Å²) >= 11 is 0. The van der Waals surface area contributed by atoms with Crippen molar-refractivity contribution < 1.29 is 14.3 Å². The van der Waals surface area contributed by atoms with E-state index in [1.54, 1.807) is 6.92 Å². The molecule has 0 aromatic carbocycles. The van der Waals surface area contributed by atoms with Gasteiger partial charge in [0.25, 0.3) is 0 Å². The number of hydrogen-bond donors (Lipinski definition) is 1. The van der Waals surface area contributed by atoms with E-state index in [-0.39, 0.29) is 17.8 Å². The molecule has 0 heterocycles. The molecule has 1 atom stereocenters. The van der Waals surface area contributed by atoms with Crippen molar-refractivity contribution in [2.75, 3.05) is 6.61 Å². The lowest BCUT2D eigenvalue weighted by atomic mass is 9.84. The van der Waals surface area contributed by atoms with Crippen molar-refractivity contribution >= 4 is 11.9 Å². The van der Waals surface area contributed by atoms with Crippen LogP contribution < -0.4 is 5.32 Å². The second-order valence-corrected chi connectivity index (χ2v) is 9.33. The highest BCUT2D eigenvalue weighted by Crippen LogP contribution is 2.26. The van der Waals surface area contributed by atoms with E-state index < -0.39 is 6.04 Å². The van der Waals surface area contributed by atoms with Crippen molar-refractivity contribution in [2.45, 2.75) is 142 Å². The normalized spacial score (nSPS) is 14.9. The SMILES string of the molecule is CCCCCCCCCCCCCCCCCCOC(=O)C(C)NC(=O)C1CCC1. The molecule has 0 saturated heterocycles. The minimum absolute atomic E-state index is 0.00751. The molecular weight excluding hydrogens is 374 g/mol. The van der Waals surface area contributed by atoms with Crippen LogP contribution in [0.5, 0.6) is 0 Å². The molecule has 0 aromatic heterocycles. The Morgan fingerprint density at radius 2 is 1.20 bits per heavy atom. The molecule has 4 nitrogen and oxygen atoms in total. The predicted octanol–water partition coefficient (Wildman–Crippen LogP) is 7.10. The highest BCUT2D eigenvalue weighted by atomic mass is 16.5. The minimum atomic E-state index is -0.529. The third kappa shape index (κ3) is 14.0. The monoisotopic (exact) mass is 423 g/mol. The van der Waals surface area contributed by atoms with Gasteiger partial charge in [-0.15, -0.1) is 0 Å². The molecule has 1 amide bonds. The number of nitrogens with one attached hydrogen (secondary N) is 1. The molecule has 0 aliphatic heterocycles. The van der Waals surface area contributed by atoms with E-state index in [1.807, 2.05) is 0 Å². The van der Waals surface area contributed by atoms with Crippen LogP contribution in [-0.4, -0.2) is 24.5 Å². The van der Waals surface area contributed by atoms with Gasteiger partial charge in [-0.3, -0.25) is 4.79 Å². The van der Waals surface area contributed by atoms with E-state index in [0.717, 1.165) is 32.1 Å². The Kier molecular flexibility index (Phi) is 16.8. The molecule has 1 aliphatic rings. The Bertz CT molecular complexity index is 434. The molecule has 0 spiro atoms. The van der Waals surface area contributed by atoms with Gasteiger partial charge in [0.2, 0.25) is 5.91 Å². The topological polar surface area (TPSA) is 55.4 Å². The first-order chi connectivity index (χ1) is 14.6. The first kappa shape index (κ1) is 27.0. The Labute approximate surface area is 186 Å². The van der Waals surface area contributed by atoms with Gasteiger partial charge >= 0.3 is 5.97 Å². The summed E-state index contributed by atoms with van der Waals surface area (Å²) in [5.41, 5.74) is 0. The average molecular weight is 424 g/mol. The first-order valence-electron chi connectivity index (χ1n) is 13.1. The number of carbonyl (C=O) groups excluding carboxylic acids is 2. The maximum absolute atomic E-state index is 11.9. The van der Waals surface area contributed by atoms with Gasteiger partial charge in [0.15, 0.2) is 0 Å². The number of carbonyl (C=O) groups is 2. The fourth-order valence-corrected chi connectivity index (χ4v) is 4.01. The molecule has 1 fully saturated rings. The van der Waals surface area contributed by atoms with Crippen LogP contribution in [-0.2, 0) is 14.3 Å². The molecule has 176 valence electrons. The van der Waals surface area contributed by atoms with Crippen LogP contribution >= 0.6 is 0 Å². The smallest absolute Gasteiger partial charge is 0.328 e. The maximum Gasteiger partial charge on any atom is 0.328 e. The summed E-state index contributed by atoms with van der Waals surface area (Å²) < 4.78 is 5.30. The summed E-state index contributed by atoms with van der Waals surface area (Å²) in [5.74, 6) is -0.183. The number of hydrogen-bond acceptors (Lipinski definition) is 3. The molecule has 1 unspecified atom stereocenters. The number of unbranched alkanes of at least 4 members (excludes halogenated alkanes) is 15. The lowest BCUT2D eigenvalue weighted by molar-refractivity contribution is -0.148.